The van der Waals surface area contributed by atoms with Crippen LogP contribution in [0.2, 0.25) is 5.02 Å². The maximum atomic E-state index is 13.0. The molecule has 1 fully saturated rings. The molecule has 5 heteroatoms. The van der Waals surface area contributed by atoms with Gasteiger partial charge in [-0.2, -0.15) is 0 Å². The molecule has 1 unspecified atom stereocenters. The Hall–Kier alpha value is -1.39. The average Bonchev–Trinajstić information content (AvgIpc) is 2.96. The topological polar surface area (TPSA) is 33.2 Å². The molecule has 1 aromatic heterocycles. The minimum absolute atomic E-state index is 0.145. The number of benzene rings is 1. The van der Waals surface area contributed by atoms with Gasteiger partial charge in [0, 0.05) is 23.2 Å². The molecule has 0 spiro atoms. The maximum absolute atomic E-state index is 13.0. The number of amides is 1. The van der Waals surface area contributed by atoms with E-state index in [9.17, 15) is 4.79 Å². The minimum Gasteiger partial charge on any atom is -0.335 e. The van der Waals surface area contributed by atoms with Gasteiger partial charge >= 0.3 is 0 Å². The highest BCUT2D eigenvalue weighted by molar-refractivity contribution is 7.17. The highest BCUT2D eigenvalue weighted by atomic mass is 35.5. The summed E-state index contributed by atoms with van der Waals surface area (Å²) in [5, 5.41) is 1.59. The van der Waals surface area contributed by atoms with Crippen molar-refractivity contribution in [1.82, 2.24) is 9.88 Å². The number of carbonyl (C=O) groups excluding carboxylic acids is 1. The summed E-state index contributed by atoms with van der Waals surface area (Å²) in [6.45, 7) is 4.95. The van der Waals surface area contributed by atoms with E-state index in [0.717, 1.165) is 46.9 Å². The number of rotatable bonds is 3. The van der Waals surface area contributed by atoms with Crippen molar-refractivity contribution in [2.24, 2.45) is 0 Å². The number of carbonyl (C=O) groups is 1. The fourth-order valence-electron chi connectivity index (χ4n) is 3.13. The molecule has 1 aromatic carbocycles. The number of hydrogen-bond acceptors (Lipinski definition) is 3. The van der Waals surface area contributed by atoms with Gasteiger partial charge in [-0.05, 0) is 44.7 Å². The fraction of sp³-hybridized carbons (Fsp3) is 0.444. The van der Waals surface area contributed by atoms with Gasteiger partial charge in [-0.1, -0.05) is 30.7 Å². The summed E-state index contributed by atoms with van der Waals surface area (Å²) in [5.41, 5.74) is 1.83. The molecule has 1 saturated heterocycles. The number of thiazole rings is 1. The smallest absolute Gasteiger partial charge is 0.266 e. The van der Waals surface area contributed by atoms with Gasteiger partial charge in [0.1, 0.15) is 9.88 Å². The Morgan fingerprint density at radius 1 is 1.35 bits per heavy atom. The first-order valence-corrected chi connectivity index (χ1v) is 9.34. The second-order valence-electron chi connectivity index (χ2n) is 6.00. The molecule has 2 heterocycles. The first kappa shape index (κ1) is 16.5. The van der Waals surface area contributed by atoms with E-state index in [1.165, 1.54) is 17.8 Å². The van der Waals surface area contributed by atoms with Crippen LogP contribution in [0.5, 0.6) is 0 Å². The summed E-state index contributed by atoms with van der Waals surface area (Å²) < 4.78 is 0. The van der Waals surface area contributed by atoms with Gasteiger partial charge in [-0.25, -0.2) is 4.98 Å². The van der Waals surface area contributed by atoms with Crippen LogP contribution < -0.4 is 0 Å². The second kappa shape index (κ2) is 7.02. The van der Waals surface area contributed by atoms with Crippen molar-refractivity contribution < 1.29 is 4.79 Å². The van der Waals surface area contributed by atoms with E-state index in [-0.39, 0.29) is 5.91 Å². The lowest BCUT2D eigenvalue weighted by atomic mass is 10.00. The monoisotopic (exact) mass is 348 g/mol. The molecular formula is C18H21ClN2OS. The van der Waals surface area contributed by atoms with Gasteiger partial charge in [0.2, 0.25) is 0 Å². The van der Waals surface area contributed by atoms with E-state index in [1.54, 1.807) is 0 Å². The zero-order valence-electron chi connectivity index (χ0n) is 13.5. The highest BCUT2D eigenvalue weighted by Crippen LogP contribution is 2.31. The van der Waals surface area contributed by atoms with E-state index in [4.69, 9.17) is 11.6 Å². The molecule has 0 saturated carbocycles. The molecule has 1 atom stereocenters. The predicted octanol–water partition coefficient (Wildman–Crippen LogP) is 5.18. The summed E-state index contributed by atoms with van der Waals surface area (Å²) in [7, 11) is 0. The van der Waals surface area contributed by atoms with E-state index in [1.807, 2.05) is 31.2 Å². The number of aromatic nitrogens is 1. The lowest BCUT2D eigenvalue weighted by Gasteiger charge is -2.35. The lowest BCUT2D eigenvalue weighted by molar-refractivity contribution is 0.0612. The molecule has 0 aliphatic carbocycles. The van der Waals surface area contributed by atoms with Gasteiger partial charge in [0.25, 0.3) is 5.91 Å². The Kier molecular flexibility index (Phi) is 5.02. The fourth-order valence-corrected chi connectivity index (χ4v) is 4.29. The van der Waals surface area contributed by atoms with Crippen LogP contribution in [0.4, 0.5) is 0 Å². The number of piperidine rings is 1. The van der Waals surface area contributed by atoms with Crippen molar-refractivity contribution in [3.05, 3.63) is 39.9 Å². The largest absolute Gasteiger partial charge is 0.335 e. The van der Waals surface area contributed by atoms with Crippen molar-refractivity contribution in [3.63, 3.8) is 0 Å². The zero-order chi connectivity index (χ0) is 16.4. The van der Waals surface area contributed by atoms with Gasteiger partial charge in [-0.3, -0.25) is 4.79 Å². The van der Waals surface area contributed by atoms with E-state index >= 15 is 0 Å². The number of likely N-dealkylation sites (tertiary alicyclic amines) is 1. The Bertz CT molecular complexity index is 696. The molecule has 122 valence electrons. The van der Waals surface area contributed by atoms with Crippen LogP contribution >= 0.6 is 22.9 Å². The molecule has 3 rings (SSSR count). The average molecular weight is 349 g/mol. The van der Waals surface area contributed by atoms with Crippen molar-refractivity contribution in [3.8, 4) is 10.6 Å². The van der Waals surface area contributed by atoms with Crippen LogP contribution in [0.3, 0.4) is 0 Å². The molecular weight excluding hydrogens is 328 g/mol. The molecule has 0 bridgehead atoms. The normalized spacial score (nSPS) is 18.2. The van der Waals surface area contributed by atoms with Crippen LogP contribution in [-0.2, 0) is 0 Å². The zero-order valence-corrected chi connectivity index (χ0v) is 15.1. The standard InChI is InChI=1S/C18H21ClN2OS/c1-3-15-6-4-5-11-21(15)18(22)16-12(2)20-17(23-16)13-7-9-14(19)10-8-13/h7-10,15H,3-6,11H2,1-2H3. The molecule has 0 N–H and O–H groups in total. The molecule has 1 aliphatic heterocycles. The summed E-state index contributed by atoms with van der Waals surface area (Å²) >= 11 is 7.43. The van der Waals surface area contributed by atoms with Crippen molar-refractivity contribution in [1.29, 1.82) is 0 Å². The van der Waals surface area contributed by atoms with Crippen LogP contribution in [0.25, 0.3) is 10.6 Å². The Morgan fingerprint density at radius 3 is 2.78 bits per heavy atom. The Labute approximate surface area is 146 Å². The molecule has 1 aliphatic rings. The minimum atomic E-state index is 0.145. The molecule has 23 heavy (non-hydrogen) atoms. The van der Waals surface area contributed by atoms with Crippen LogP contribution in [0, 0.1) is 6.92 Å². The summed E-state index contributed by atoms with van der Waals surface area (Å²) in [5.74, 6) is 0.145. The highest BCUT2D eigenvalue weighted by Gasteiger charge is 2.28. The summed E-state index contributed by atoms with van der Waals surface area (Å²) in [4.78, 5) is 20.4. The number of hydrogen-bond donors (Lipinski definition) is 0. The first-order valence-electron chi connectivity index (χ1n) is 8.14. The van der Waals surface area contributed by atoms with Crippen LogP contribution in [0.15, 0.2) is 24.3 Å². The van der Waals surface area contributed by atoms with E-state index in [0.29, 0.717) is 11.1 Å². The maximum Gasteiger partial charge on any atom is 0.266 e. The summed E-state index contributed by atoms with van der Waals surface area (Å²) in [6, 6.07) is 7.98. The van der Waals surface area contributed by atoms with E-state index in [2.05, 4.69) is 16.8 Å². The third kappa shape index (κ3) is 3.43. The van der Waals surface area contributed by atoms with Gasteiger partial charge < -0.3 is 4.90 Å². The van der Waals surface area contributed by atoms with Crippen LogP contribution in [-0.4, -0.2) is 28.4 Å². The lowest BCUT2D eigenvalue weighted by Crippen LogP contribution is -2.43. The predicted molar refractivity (Wildman–Crippen MR) is 96.3 cm³/mol. The van der Waals surface area contributed by atoms with Gasteiger partial charge in [0.05, 0.1) is 5.69 Å². The van der Waals surface area contributed by atoms with Gasteiger partial charge in [0.15, 0.2) is 0 Å². The molecule has 3 nitrogen and oxygen atoms in total. The number of aryl methyl sites for hydroxylation is 1. The van der Waals surface area contributed by atoms with E-state index < -0.39 is 0 Å². The second-order valence-corrected chi connectivity index (χ2v) is 7.43. The van der Waals surface area contributed by atoms with Crippen molar-refractivity contribution in [2.75, 3.05) is 6.54 Å². The third-order valence-electron chi connectivity index (χ3n) is 4.44. The SMILES string of the molecule is CCC1CCCCN1C(=O)c1sc(-c2ccc(Cl)cc2)nc1C. The third-order valence-corrected chi connectivity index (χ3v) is 5.89. The Morgan fingerprint density at radius 2 is 2.09 bits per heavy atom. The molecule has 0 radical (unpaired) electrons. The Balaban J connectivity index is 1.88. The number of nitrogens with zero attached hydrogens (tertiary/aromatic N) is 2. The van der Waals surface area contributed by atoms with Gasteiger partial charge in [-0.15, -0.1) is 11.3 Å². The quantitative estimate of drug-likeness (QED) is 0.766. The molecule has 2 aromatic rings. The number of halogens is 1. The first-order chi connectivity index (χ1) is 11.1. The van der Waals surface area contributed by atoms with Crippen LogP contribution in [0.1, 0.15) is 48.0 Å². The molecule has 1 amide bonds. The van der Waals surface area contributed by atoms with Crippen molar-refractivity contribution >= 4 is 28.8 Å². The summed E-state index contributed by atoms with van der Waals surface area (Å²) in [6.07, 6.45) is 4.46. The van der Waals surface area contributed by atoms with Crippen molar-refractivity contribution in [2.45, 2.75) is 45.6 Å².